The number of aromatic nitrogens is 2. The van der Waals surface area contributed by atoms with E-state index < -0.39 is 5.41 Å². The predicted octanol–water partition coefficient (Wildman–Crippen LogP) is 5.08. The van der Waals surface area contributed by atoms with Gasteiger partial charge in [0.25, 0.3) is 0 Å². The zero-order chi connectivity index (χ0) is 25.6. The van der Waals surface area contributed by atoms with Crippen LogP contribution in [0.25, 0.3) is 0 Å². The SMILES string of the molecule is CC1(C)C(=O)Nc2cccc(CCc3nc(Nc4ccc(C5CCNCC5)c5c4OCO5)ncc3Cl)c21. The molecular weight excluding hydrogens is 490 g/mol. The molecule has 0 saturated carbocycles. The third-order valence-corrected chi connectivity index (χ3v) is 7.93. The normalized spacial score (nSPS) is 18.0. The van der Waals surface area contributed by atoms with Crippen molar-refractivity contribution in [2.75, 3.05) is 30.5 Å². The Hall–Kier alpha value is -3.36. The highest BCUT2D eigenvalue weighted by Gasteiger charge is 2.39. The molecule has 2 aromatic carbocycles. The number of nitrogens with one attached hydrogen (secondary N) is 3. The van der Waals surface area contributed by atoms with Crippen molar-refractivity contribution < 1.29 is 14.3 Å². The van der Waals surface area contributed by atoms with Crippen LogP contribution in [0.5, 0.6) is 11.5 Å². The minimum atomic E-state index is -0.573. The van der Waals surface area contributed by atoms with Crippen LogP contribution < -0.4 is 25.4 Å². The number of rotatable bonds is 6. The van der Waals surface area contributed by atoms with E-state index in [9.17, 15) is 4.79 Å². The zero-order valence-electron chi connectivity index (χ0n) is 21.0. The number of fused-ring (bicyclic) bond motifs is 2. The van der Waals surface area contributed by atoms with Gasteiger partial charge in [0.1, 0.15) is 0 Å². The summed E-state index contributed by atoms with van der Waals surface area (Å²) in [6.07, 6.45) is 5.10. The van der Waals surface area contributed by atoms with Gasteiger partial charge in [-0.2, -0.15) is 0 Å². The maximum Gasteiger partial charge on any atom is 0.234 e. The van der Waals surface area contributed by atoms with Crippen molar-refractivity contribution in [2.45, 2.75) is 50.9 Å². The molecule has 1 saturated heterocycles. The molecule has 1 fully saturated rings. The number of piperidine rings is 1. The van der Waals surface area contributed by atoms with Crippen LogP contribution in [-0.4, -0.2) is 35.8 Å². The molecule has 0 bridgehead atoms. The van der Waals surface area contributed by atoms with Crippen LogP contribution in [0.1, 0.15) is 55.0 Å². The number of hydrogen-bond acceptors (Lipinski definition) is 7. The van der Waals surface area contributed by atoms with E-state index in [-0.39, 0.29) is 12.7 Å². The lowest BCUT2D eigenvalue weighted by Gasteiger charge is -2.24. The quantitative estimate of drug-likeness (QED) is 0.417. The van der Waals surface area contributed by atoms with Gasteiger partial charge in [-0.15, -0.1) is 0 Å². The zero-order valence-corrected chi connectivity index (χ0v) is 21.7. The van der Waals surface area contributed by atoms with E-state index in [0.29, 0.717) is 35.5 Å². The molecule has 6 rings (SSSR count). The van der Waals surface area contributed by atoms with Crippen molar-refractivity contribution in [3.8, 4) is 11.5 Å². The lowest BCUT2D eigenvalue weighted by atomic mass is 9.82. The number of amides is 1. The first-order valence-electron chi connectivity index (χ1n) is 12.8. The summed E-state index contributed by atoms with van der Waals surface area (Å²) < 4.78 is 11.7. The maximum absolute atomic E-state index is 12.5. The summed E-state index contributed by atoms with van der Waals surface area (Å²) in [5.74, 6) is 2.44. The van der Waals surface area contributed by atoms with Crippen molar-refractivity contribution in [3.05, 3.63) is 63.9 Å². The Morgan fingerprint density at radius 2 is 1.92 bits per heavy atom. The Labute approximate surface area is 221 Å². The maximum atomic E-state index is 12.5. The number of hydrogen-bond donors (Lipinski definition) is 3. The molecule has 9 heteroatoms. The summed E-state index contributed by atoms with van der Waals surface area (Å²) in [4.78, 5) is 21.6. The van der Waals surface area contributed by atoms with Gasteiger partial charge >= 0.3 is 0 Å². The Kier molecular flexibility index (Phi) is 6.16. The Balaban J connectivity index is 1.22. The average molecular weight is 520 g/mol. The van der Waals surface area contributed by atoms with E-state index in [1.807, 2.05) is 32.0 Å². The van der Waals surface area contributed by atoms with Crippen molar-refractivity contribution in [2.24, 2.45) is 0 Å². The van der Waals surface area contributed by atoms with E-state index >= 15 is 0 Å². The fourth-order valence-corrected chi connectivity index (χ4v) is 5.81. The monoisotopic (exact) mass is 519 g/mol. The minimum Gasteiger partial charge on any atom is -0.453 e. The topological polar surface area (TPSA) is 97.4 Å². The molecule has 192 valence electrons. The van der Waals surface area contributed by atoms with Crippen LogP contribution in [0.4, 0.5) is 17.3 Å². The first-order valence-corrected chi connectivity index (χ1v) is 13.1. The fourth-order valence-electron chi connectivity index (χ4n) is 5.62. The number of carbonyl (C=O) groups excluding carboxylic acids is 1. The smallest absolute Gasteiger partial charge is 0.234 e. The molecule has 4 heterocycles. The first kappa shape index (κ1) is 24.0. The third kappa shape index (κ3) is 4.38. The van der Waals surface area contributed by atoms with Crippen LogP contribution in [0, 0.1) is 0 Å². The number of nitrogens with zero attached hydrogens (tertiary/aromatic N) is 2. The highest BCUT2D eigenvalue weighted by molar-refractivity contribution is 6.31. The lowest BCUT2D eigenvalue weighted by Crippen LogP contribution is -2.27. The Morgan fingerprint density at radius 3 is 2.76 bits per heavy atom. The first-order chi connectivity index (χ1) is 17.9. The van der Waals surface area contributed by atoms with Crippen LogP contribution >= 0.6 is 11.6 Å². The van der Waals surface area contributed by atoms with Gasteiger partial charge in [0.2, 0.25) is 18.6 Å². The molecule has 8 nitrogen and oxygen atoms in total. The largest absolute Gasteiger partial charge is 0.453 e. The molecule has 3 aliphatic rings. The summed E-state index contributed by atoms with van der Waals surface area (Å²) in [5.41, 5.74) is 5.18. The van der Waals surface area contributed by atoms with Gasteiger partial charge in [-0.1, -0.05) is 29.8 Å². The Morgan fingerprint density at radius 1 is 1.11 bits per heavy atom. The Bertz CT molecular complexity index is 1370. The lowest BCUT2D eigenvalue weighted by molar-refractivity contribution is -0.119. The molecule has 1 aromatic heterocycles. The molecule has 3 N–H and O–H groups in total. The van der Waals surface area contributed by atoms with Gasteiger partial charge in [0, 0.05) is 11.3 Å². The average Bonchev–Trinajstić information content (AvgIpc) is 3.48. The van der Waals surface area contributed by atoms with Gasteiger partial charge in [0.15, 0.2) is 11.5 Å². The molecule has 1 amide bonds. The van der Waals surface area contributed by atoms with Gasteiger partial charge in [-0.25, -0.2) is 9.97 Å². The van der Waals surface area contributed by atoms with Crippen molar-refractivity contribution >= 4 is 34.8 Å². The molecule has 37 heavy (non-hydrogen) atoms. The second kappa shape index (κ2) is 9.50. The standard InChI is InChI=1S/C28H30ClN5O3/c1-28(2)23-17(4-3-5-21(23)32-26(28)35)6-8-20-19(29)14-31-27(33-20)34-22-9-7-18(16-10-12-30-13-11-16)24-25(22)37-15-36-24/h3-5,7,9,14,16,30H,6,8,10-13,15H2,1-2H3,(H,32,35)(H,31,33,34). The second-order valence-corrected chi connectivity index (χ2v) is 10.7. The summed E-state index contributed by atoms with van der Waals surface area (Å²) in [7, 11) is 0. The van der Waals surface area contributed by atoms with E-state index in [4.69, 9.17) is 26.1 Å². The highest BCUT2D eigenvalue weighted by Crippen LogP contribution is 2.47. The number of benzene rings is 2. The van der Waals surface area contributed by atoms with Crippen molar-refractivity contribution in [1.82, 2.24) is 15.3 Å². The number of aryl methyl sites for hydroxylation is 2. The minimum absolute atomic E-state index is 0.0198. The van der Waals surface area contributed by atoms with E-state index in [0.717, 1.165) is 59.9 Å². The fraction of sp³-hybridized carbons (Fsp3) is 0.393. The summed E-state index contributed by atoms with van der Waals surface area (Å²) >= 11 is 6.49. The molecule has 3 aliphatic heterocycles. The summed E-state index contributed by atoms with van der Waals surface area (Å²) in [5, 5.41) is 10.2. The number of ether oxygens (including phenoxy) is 2. The van der Waals surface area contributed by atoms with Crippen LogP contribution in [0.3, 0.4) is 0 Å². The molecule has 0 radical (unpaired) electrons. The van der Waals surface area contributed by atoms with Crippen LogP contribution in [0.2, 0.25) is 5.02 Å². The van der Waals surface area contributed by atoms with Crippen LogP contribution in [-0.2, 0) is 23.1 Å². The molecule has 0 spiro atoms. The van der Waals surface area contributed by atoms with Gasteiger partial charge in [0.05, 0.1) is 28.0 Å². The second-order valence-electron chi connectivity index (χ2n) is 10.3. The molecule has 3 aromatic rings. The van der Waals surface area contributed by atoms with Crippen molar-refractivity contribution in [3.63, 3.8) is 0 Å². The highest BCUT2D eigenvalue weighted by atomic mass is 35.5. The third-order valence-electron chi connectivity index (χ3n) is 7.61. The van der Waals surface area contributed by atoms with E-state index in [2.05, 4.69) is 33.1 Å². The number of anilines is 3. The van der Waals surface area contributed by atoms with Crippen LogP contribution in [0.15, 0.2) is 36.5 Å². The molecule has 0 aliphatic carbocycles. The van der Waals surface area contributed by atoms with E-state index in [1.165, 1.54) is 5.56 Å². The summed E-state index contributed by atoms with van der Waals surface area (Å²) in [6.45, 7) is 6.14. The van der Waals surface area contributed by atoms with Gasteiger partial charge in [-0.05, 0) is 81.8 Å². The molecule has 0 atom stereocenters. The number of carbonyl (C=O) groups is 1. The summed E-state index contributed by atoms with van der Waals surface area (Å²) in [6, 6.07) is 10.1. The number of halogens is 1. The molecular formula is C28H30ClN5O3. The van der Waals surface area contributed by atoms with Gasteiger partial charge in [-0.3, -0.25) is 4.79 Å². The van der Waals surface area contributed by atoms with Gasteiger partial charge < -0.3 is 25.4 Å². The molecule has 0 unspecified atom stereocenters. The van der Waals surface area contributed by atoms with Crippen molar-refractivity contribution in [1.29, 1.82) is 0 Å². The van der Waals surface area contributed by atoms with E-state index in [1.54, 1.807) is 6.20 Å². The predicted molar refractivity (Wildman–Crippen MR) is 143 cm³/mol.